The molecule has 3 aromatic rings. The number of aromatic nitrogens is 3. The third-order valence-electron chi connectivity index (χ3n) is 5.57. The Labute approximate surface area is 171 Å². The van der Waals surface area contributed by atoms with Crippen molar-refractivity contribution in [3.05, 3.63) is 53.9 Å². The monoisotopic (exact) mass is 390 g/mol. The molecule has 1 heterocycles. The number of nitriles is 1. The predicted octanol–water partition coefficient (Wildman–Crippen LogP) is 5.92. The van der Waals surface area contributed by atoms with Crippen molar-refractivity contribution >= 4 is 22.5 Å². The number of fused-ring (bicyclic) bond motifs is 1. The molecule has 4 rings (SSSR count). The fourth-order valence-corrected chi connectivity index (χ4v) is 5.13. The van der Waals surface area contributed by atoms with E-state index in [0.717, 1.165) is 29.6 Å². The van der Waals surface area contributed by atoms with Crippen molar-refractivity contribution in [1.82, 2.24) is 14.8 Å². The Kier molecular flexibility index (Phi) is 6.28. The number of thioether (sulfide) groups is 1. The molecule has 0 spiro atoms. The zero-order chi connectivity index (χ0) is 19.2. The predicted molar refractivity (Wildman–Crippen MR) is 114 cm³/mol. The van der Waals surface area contributed by atoms with Crippen molar-refractivity contribution in [3.63, 3.8) is 0 Å². The van der Waals surface area contributed by atoms with Crippen LogP contribution in [0.15, 0.2) is 47.6 Å². The number of hydrogen-bond donors (Lipinski definition) is 0. The summed E-state index contributed by atoms with van der Waals surface area (Å²) in [6.07, 6.45) is 8.65. The van der Waals surface area contributed by atoms with Gasteiger partial charge in [0.2, 0.25) is 0 Å². The van der Waals surface area contributed by atoms with Gasteiger partial charge in [0.15, 0.2) is 5.16 Å². The fourth-order valence-electron chi connectivity index (χ4n) is 4.16. The number of unbranched alkanes of at least 4 members (excludes halogenated alkanes) is 1. The Bertz CT molecular complexity index is 961. The molecule has 1 aliphatic carbocycles. The van der Waals surface area contributed by atoms with E-state index in [1.165, 1.54) is 48.4 Å². The molecule has 2 aromatic carbocycles. The molecule has 1 saturated carbocycles. The second-order valence-electron chi connectivity index (χ2n) is 7.49. The van der Waals surface area contributed by atoms with Crippen LogP contribution in [0.1, 0.15) is 62.4 Å². The minimum Gasteiger partial charge on any atom is -0.303 e. The SMILES string of the molecule is N#CCCCSc1nnc(Cc2cccc3ccccc23)n1C1CCCCC1. The summed E-state index contributed by atoms with van der Waals surface area (Å²) in [6.45, 7) is 0. The second-order valence-corrected chi connectivity index (χ2v) is 8.55. The Balaban J connectivity index is 1.63. The van der Waals surface area contributed by atoms with Gasteiger partial charge in [0.1, 0.15) is 5.82 Å². The van der Waals surface area contributed by atoms with Gasteiger partial charge < -0.3 is 4.57 Å². The maximum absolute atomic E-state index is 8.78. The van der Waals surface area contributed by atoms with Crippen molar-refractivity contribution in [2.45, 2.75) is 62.6 Å². The Hall–Kier alpha value is -2.32. The summed E-state index contributed by atoms with van der Waals surface area (Å²) in [5, 5.41) is 21.6. The zero-order valence-electron chi connectivity index (χ0n) is 16.2. The lowest BCUT2D eigenvalue weighted by Gasteiger charge is -2.25. The normalized spacial score (nSPS) is 15.0. The molecule has 144 valence electrons. The maximum atomic E-state index is 8.78. The lowest BCUT2D eigenvalue weighted by Crippen LogP contribution is -2.17. The molecule has 0 radical (unpaired) electrons. The number of rotatable bonds is 7. The number of nitrogens with zero attached hydrogens (tertiary/aromatic N) is 4. The van der Waals surface area contributed by atoms with Crippen LogP contribution in [0.3, 0.4) is 0 Å². The Morgan fingerprint density at radius 2 is 1.86 bits per heavy atom. The van der Waals surface area contributed by atoms with E-state index in [1.807, 2.05) is 0 Å². The van der Waals surface area contributed by atoms with Crippen LogP contribution in [-0.4, -0.2) is 20.5 Å². The Morgan fingerprint density at radius 3 is 2.71 bits per heavy atom. The van der Waals surface area contributed by atoms with Crippen molar-refractivity contribution in [2.75, 3.05) is 5.75 Å². The third kappa shape index (κ3) is 4.23. The highest BCUT2D eigenvalue weighted by molar-refractivity contribution is 7.99. The summed E-state index contributed by atoms with van der Waals surface area (Å²) in [6, 6.07) is 17.8. The topological polar surface area (TPSA) is 54.5 Å². The highest BCUT2D eigenvalue weighted by Crippen LogP contribution is 2.34. The van der Waals surface area contributed by atoms with E-state index < -0.39 is 0 Å². The minimum absolute atomic E-state index is 0.507. The quantitative estimate of drug-likeness (QED) is 0.371. The Morgan fingerprint density at radius 1 is 1.04 bits per heavy atom. The second kappa shape index (κ2) is 9.25. The largest absolute Gasteiger partial charge is 0.303 e. The van der Waals surface area contributed by atoms with Gasteiger partial charge >= 0.3 is 0 Å². The van der Waals surface area contributed by atoms with Crippen LogP contribution < -0.4 is 0 Å². The molecule has 5 heteroatoms. The van der Waals surface area contributed by atoms with E-state index in [-0.39, 0.29) is 0 Å². The molecule has 0 atom stereocenters. The van der Waals surface area contributed by atoms with Gasteiger partial charge in [-0.2, -0.15) is 5.26 Å². The van der Waals surface area contributed by atoms with E-state index >= 15 is 0 Å². The molecule has 0 amide bonds. The van der Waals surface area contributed by atoms with Gasteiger partial charge in [0.05, 0.1) is 6.07 Å². The first-order valence-electron chi connectivity index (χ1n) is 10.3. The summed E-state index contributed by atoms with van der Waals surface area (Å²) in [7, 11) is 0. The van der Waals surface area contributed by atoms with Gasteiger partial charge in [-0.05, 0) is 35.6 Å². The van der Waals surface area contributed by atoms with Gasteiger partial charge in [-0.25, -0.2) is 0 Å². The molecule has 1 aliphatic rings. The molecule has 4 nitrogen and oxygen atoms in total. The maximum Gasteiger partial charge on any atom is 0.191 e. The standard InChI is InChI=1S/C23H26N4S/c24-15-6-7-16-28-23-26-25-22(27(23)20-12-2-1-3-13-20)17-19-11-8-10-18-9-4-5-14-21(18)19/h4-5,8-11,14,20H,1-3,6-7,12-13,16-17H2. The summed E-state index contributed by atoms with van der Waals surface area (Å²) < 4.78 is 2.41. The lowest BCUT2D eigenvalue weighted by molar-refractivity contribution is 0.330. The minimum atomic E-state index is 0.507. The van der Waals surface area contributed by atoms with Crippen LogP contribution in [0.2, 0.25) is 0 Å². The molecule has 28 heavy (non-hydrogen) atoms. The van der Waals surface area contributed by atoms with E-state index in [0.29, 0.717) is 12.5 Å². The zero-order valence-corrected chi connectivity index (χ0v) is 17.0. The average molecular weight is 391 g/mol. The molecule has 0 bridgehead atoms. The molecule has 0 saturated heterocycles. The van der Waals surface area contributed by atoms with Crippen LogP contribution in [0.4, 0.5) is 0 Å². The smallest absolute Gasteiger partial charge is 0.191 e. The first-order valence-corrected chi connectivity index (χ1v) is 11.3. The summed E-state index contributed by atoms with van der Waals surface area (Å²) in [4.78, 5) is 0. The van der Waals surface area contributed by atoms with Crippen molar-refractivity contribution in [1.29, 1.82) is 5.26 Å². The molecular formula is C23H26N4S. The average Bonchev–Trinajstić information content (AvgIpc) is 3.14. The molecule has 0 unspecified atom stereocenters. The van der Waals surface area contributed by atoms with E-state index in [1.54, 1.807) is 11.8 Å². The van der Waals surface area contributed by atoms with E-state index in [2.05, 4.69) is 63.3 Å². The molecule has 1 aromatic heterocycles. The van der Waals surface area contributed by atoms with Crippen LogP contribution in [0.5, 0.6) is 0 Å². The summed E-state index contributed by atoms with van der Waals surface area (Å²) >= 11 is 1.75. The van der Waals surface area contributed by atoms with E-state index in [4.69, 9.17) is 5.26 Å². The van der Waals surface area contributed by atoms with Crippen molar-refractivity contribution < 1.29 is 0 Å². The van der Waals surface area contributed by atoms with Gasteiger partial charge in [-0.15, -0.1) is 10.2 Å². The number of hydrogen-bond acceptors (Lipinski definition) is 4. The molecular weight excluding hydrogens is 364 g/mol. The lowest BCUT2D eigenvalue weighted by atomic mass is 9.95. The van der Waals surface area contributed by atoms with Crippen LogP contribution in [-0.2, 0) is 6.42 Å². The first-order chi connectivity index (χ1) is 13.9. The van der Waals surface area contributed by atoms with Crippen molar-refractivity contribution in [3.8, 4) is 6.07 Å². The van der Waals surface area contributed by atoms with Gasteiger partial charge in [-0.1, -0.05) is 73.5 Å². The van der Waals surface area contributed by atoms with Gasteiger partial charge in [0, 0.05) is 24.6 Å². The van der Waals surface area contributed by atoms with Crippen LogP contribution >= 0.6 is 11.8 Å². The third-order valence-corrected chi connectivity index (χ3v) is 6.60. The molecule has 0 aliphatic heterocycles. The van der Waals surface area contributed by atoms with Crippen LogP contribution in [0, 0.1) is 11.3 Å². The molecule has 1 fully saturated rings. The summed E-state index contributed by atoms with van der Waals surface area (Å²) in [5.41, 5.74) is 1.31. The molecule has 0 N–H and O–H groups in total. The van der Waals surface area contributed by atoms with E-state index in [9.17, 15) is 0 Å². The van der Waals surface area contributed by atoms with Crippen molar-refractivity contribution in [2.24, 2.45) is 0 Å². The van der Waals surface area contributed by atoms with Crippen LogP contribution in [0.25, 0.3) is 10.8 Å². The summed E-state index contributed by atoms with van der Waals surface area (Å²) in [5.74, 6) is 2.00. The highest BCUT2D eigenvalue weighted by atomic mass is 32.2. The highest BCUT2D eigenvalue weighted by Gasteiger charge is 2.23. The number of benzene rings is 2. The van der Waals surface area contributed by atoms with Gasteiger partial charge in [-0.3, -0.25) is 0 Å². The van der Waals surface area contributed by atoms with Gasteiger partial charge in [0.25, 0.3) is 0 Å². The first kappa shape index (κ1) is 19.0. The fraction of sp³-hybridized carbons (Fsp3) is 0.435.